The number of carbonyl (C=O) groups excluding carboxylic acids is 2. The van der Waals surface area contributed by atoms with Gasteiger partial charge in [0.15, 0.2) is 0 Å². The van der Waals surface area contributed by atoms with E-state index in [2.05, 4.69) is 15.5 Å². The fourth-order valence-corrected chi connectivity index (χ4v) is 3.74. The van der Waals surface area contributed by atoms with Crippen molar-refractivity contribution in [2.24, 2.45) is 11.3 Å². The average Bonchev–Trinajstić information content (AvgIpc) is 3.04. The van der Waals surface area contributed by atoms with Crippen molar-refractivity contribution >= 4 is 11.8 Å². The summed E-state index contributed by atoms with van der Waals surface area (Å²) in [5.41, 5.74) is -1.53. The normalized spacial score (nSPS) is 24.2. The molecular formula is C18H16F4N4O3. The van der Waals surface area contributed by atoms with Gasteiger partial charge in [0, 0.05) is 18.7 Å². The number of halogens is 4. The average molecular weight is 412 g/mol. The van der Waals surface area contributed by atoms with E-state index in [-0.39, 0.29) is 30.2 Å². The molecule has 154 valence electrons. The summed E-state index contributed by atoms with van der Waals surface area (Å²) in [6, 6.07) is 4.26. The Morgan fingerprint density at radius 3 is 2.79 bits per heavy atom. The summed E-state index contributed by atoms with van der Waals surface area (Å²) in [5, 5.41) is 5.86. The van der Waals surface area contributed by atoms with Crippen molar-refractivity contribution in [1.82, 2.24) is 20.4 Å². The van der Waals surface area contributed by atoms with Crippen LogP contribution in [0.25, 0.3) is 11.5 Å². The van der Waals surface area contributed by atoms with Crippen LogP contribution in [0.2, 0.25) is 0 Å². The molecule has 11 heteroatoms. The number of benzene rings is 1. The molecule has 1 aromatic heterocycles. The number of fused-ring (bicyclic) bond motifs is 1. The number of amides is 2. The molecule has 1 N–H and O–H groups in total. The minimum absolute atomic E-state index is 0.0183. The molecule has 1 unspecified atom stereocenters. The van der Waals surface area contributed by atoms with E-state index in [1.807, 2.05) is 0 Å². The van der Waals surface area contributed by atoms with Gasteiger partial charge in [-0.1, -0.05) is 11.2 Å². The zero-order valence-electron chi connectivity index (χ0n) is 15.2. The number of likely N-dealkylation sites (tertiary alicyclic amines) is 1. The standard InChI is InChI=1S/C18H16F4N4O3/c1-9(16(28)26-7-11-6-17(11,8-26)18(20,21)22)23-14(27)13-24-15(29-25-13)10-3-2-4-12(19)5-10/h2-5,9,11H,6-8H2,1H3,(H,23,27)/t9-,11?,17+/m1/s1. The number of nitrogens with one attached hydrogen (secondary N) is 1. The predicted octanol–water partition coefficient (Wildman–Crippen LogP) is 2.40. The first-order valence-corrected chi connectivity index (χ1v) is 8.87. The van der Waals surface area contributed by atoms with Gasteiger partial charge in [-0.3, -0.25) is 9.59 Å². The number of rotatable bonds is 4. The van der Waals surface area contributed by atoms with E-state index < -0.39 is 47.7 Å². The van der Waals surface area contributed by atoms with Crippen molar-refractivity contribution in [3.05, 3.63) is 35.9 Å². The molecule has 0 radical (unpaired) electrons. The van der Waals surface area contributed by atoms with Crippen molar-refractivity contribution in [3.63, 3.8) is 0 Å². The van der Waals surface area contributed by atoms with E-state index >= 15 is 0 Å². The van der Waals surface area contributed by atoms with Gasteiger partial charge >= 0.3 is 6.18 Å². The molecule has 2 aromatic rings. The third-order valence-corrected chi connectivity index (χ3v) is 5.44. The Balaban J connectivity index is 1.38. The second-order valence-corrected chi connectivity index (χ2v) is 7.40. The molecule has 0 bridgehead atoms. The quantitative estimate of drug-likeness (QED) is 0.780. The van der Waals surface area contributed by atoms with Crippen LogP contribution in [-0.2, 0) is 4.79 Å². The number of carbonyl (C=O) groups is 2. The smallest absolute Gasteiger partial charge is 0.340 e. The van der Waals surface area contributed by atoms with Gasteiger partial charge in [0.05, 0.1) is 5.41 Å². The molecule has 2 fully saturated rings. The Morgan fingerprint density at radius 2 is 2.14 bits per heavy atom. The maximum atomic E-state index is 13.3. The summed E-state index contributed by atoms with van der Waals surface area (Å²) in [6.45, 7) is 0.995. The van der Waals surface area contributed by atoms with E-state index in [1.54, 1.807) is 0 Å². The van der Waals surface area contributed by atoms with Crippen LogP contribution in [0.5, 0.6) is 0 Å². The Labute approximate surface area is 162 Å². The molecule has 2 amide bonds. The van der Waals surface area contributed by atoms with Crippen molar-refractivity contribution in [2.75, 3.05) is 13.1 Å². The van der Waals surface area contributed by atoms with E-state index in [4.69, 9.17) is 4.52 Å². The maximum absolute atomic E-state index is 13.3. The maximum Gasteiger partial charge on any atom is 0.396 e. The van der Waals surface area contributed by atoms with Crippen molar-refractivity contribution in [1.29, 1.82) is 0 Å². The van der Waals surface area contributed by atoms with Crippen molar-refractivity contribution in [3.8, 4) is 11.5 Å². The summed E-state index contributed by atoms with van der Waals surface area (Å²) in [5.74, 6) is -3.00. The molecule has 7 nitrogen and oxygen atoms in total. The molecule has 1 saturated carbocycles. The number of alkyl halides is 3. The zero-order chi connectivity index (χ0) is 21.0. The number of aromatic nitrogens is 2. The van der Waals surface area contributed by atoms with E-state index in [1.165, 1.54) is 25.1 Å². The lowest BCUT2D eigenvalue weighted by atomic mass is 10.1. The highest BCUT2D eigenvalue weighted by atomic mass is 19.4. The van der Waals surface area contributed by atoms with Crippen molar-refractivity contribution in [2.45, 2.75) is 25.6 Å². The number of hydrogen-bond donors (Lipinski definition) is 1. The topological polar surface area (TPSA) is 88.3 Å². The van der Waals surface area contributed by atoms with E-state index in [9.17, 15) is 27.2 Å². The van der Waals surface area contributed by atoms with Crippen LogP contribution >= 0.6 is 0 Å². The highest BCUT2D eigenvalue weighted by Crippen LogP contribution is 2.66. The van der Waals surface area contributed by atoms with Gasteiger partial charge in [0.1, 0.15) is 11.9 Å². The highest BCUT2D eigenvalue weighted by Gasteiger charge is 2.74. The molecule has 1 aliphatic heterocycles. The van der Waals surface area contributed by atoms with Crippen molar-refractivity contribution < 1.29 is 31.7 Å². The van der Waals surface area contributed by atoms with Crippen LogP contribution in [0, 0.1) is 17.2 Å². The van der Waals surface area contributed by atoms with Crippen LogP contribution in [0.1, 0.15) is 24.0 Å². The lowest BCUT2D eigenvalue weighted by Gasteiger charge is -2.25. The molecule has 4 rings (SSSR count). The largest absolute Gasteiger partial charge is 0.396 e. The first-order chi connectivity index (χ1) is 13.6. The molecule has 0 spiro atoms. The van der Waals surface area contributed by atoms with E-state index in [0.717, 1.165) is 11.0 Å². The number of piperidine rings is 1. The predicted molar refractivity (Wildman–Crippen MR) is 89.8 cm³/mol. The molecule has 1 saturated heterocycles. The minimum Gasteiger partial charge on any atom is -0.340 e. The van der Waals surface area contributed by atoms with Crippen LogP contribution in [0.4, 0.5) is 17.6 Å². The summed E-state index contributed by atoms with van der Waals surface area (Å²) >= 11 is 0. The number of hydrogen-bond acceptors (Lipinski definition) is 5. The highest BCUT2D eigenvalue weighted by molar-refractivity contribution is 5.95. The van der Waals surface area contributed by atoms with Crippen LogP contribution in [-0.4, -0.2) is 52.2 Å². The molecule has 29 heavy (non-hydrogen) atoms. The minimum atomic E-state index is -4.35. The van der Waals surface area contributed by atoms with Gasteiger partial charge in [0.25, 0.3) is 17.6 Å². The van der Waals surface area contributed by atoms with Gasteiger partial charge in [-0.05, 0) is 37.5 Å². The summed E-state index contributed by atoms with van der Waals surface area (Å²) in [4.78, 5) is 29.7. The first-order valence-electron chi connectivity index (χ1n) is 8.87. The van der Waals surface area contributed by atoms with Gasteiger partial charge in [-0.15, -0.1) is 0 Å². The van der Waals surface area contributed by atoms with Gasteiger partial charge in [0.2, 0.25) is 5.91 Å². The third kappa shape index (κ3) is 3.34. The lowest BCUT2D eigenvalue weighted by molar-refractivity contribution is -0.188. The fourth-order valence-electron chi connectivity index (χ4n) is 3.74. The third-order valence-electron chi connectivity index (χ3n) is 5.44. The summed E-state index contributed by atoms with van der Waals surface area (Å²) in [6.07, 6.45) is -4.32. The lowest BCUT2D eigenvalue weighted by Crippen LogP contribution is -2.48. The fraction of sp³-hybridized carbons (Fsp3) is 0.444. The van der Waals surface area contributed by atoms with Crippen LogP contribution in [0.15, 0.2) is 28.8 Å². The van der Waals surface area contributed by atoms with Gasteiger partial charge in [-0.25, -0.2) is 4.39 Å². The Morgan fingerprint density at radius 1 is 1.38 bits per heavy atom. The molecular weight excluding hydrogens is 396 g/mol. The molecule has 3 atom stereocenters. The summed E-state index contributed by atoms with van der Waals surface area (Å²) < 4.78 is 57.7. The second-order valence-electron chi connectivity index (χ2n) is 7.40. The molecule has 1 aliphatic carbocycles. The summed E-state index contributed by atoms with van der Waals surface area (Å²) in [7, 11) is 0. The number of nitrogens with zero attached hydrogens (tertiary/aromatic N) is 3. The second kappa shape index (κ2) is 6.53. The van der Waals surface area contributed by atoms with Crippen LogP contribution in [0.3, 0.4) is 0 Å². The molecule has 2 heterocycles. The molecule has 1 aromatic carbocycles. The Bertz CT molecular complexity index is 976. The molecule has 2 aliphatic rings. The Hall–Kier alpha value is -2.98. The van der Waals surface area contributed by atoms with Crippen LogP contribution < -0.4 is 5.32 Å². The van der Waals surface area contributed by atoms with Gasteiger partial charge in [-0.2, -0.15) is 18.2 Å². The monoisotopic (exact) mass is 412 g/mol. The zero-order valence-corrected chi connectivity index (χ0v) is 15.2. The SMILES string of the molecule is C[C@@H](NC(=O)c1noc(-c2cccc(F)c2)n1)C(=O)N1CC2C[C@]2(C(F)(F)F)C1. The van der Waals surface area contributed by atoms with Gasteiger partial charge < -0.3 is 14.7 Å². The first kappa shape index (κ1) is 19.3. The van der Waals surface area contributed by atoms with E-state index in [0.29, 0.717) is 0 Å². The Kier molecular flexibility index (Phi) is 4.35.